The van der Waals surface area contributed by atoms with Gasteiger partial charge in [0.25, 0.3) is 0 Å². The van der Waals surface area contributed by atoms with E-state index in [0.717, 1.165) is 0 Å². The van der Waals surface area contributed by atoms with Crippen molar-refractivity contribution >= 4 is 10.0 Å². The second kappa shape index (κ2) is 5.76. The molecule has 0 aromatic heterocycles. The molecule has 1 unspecified atom stereocenters. The van der Waals surface area contributed by atoms with E-state index in [4.69, 9.17) is 5.14 Å². The SMILES string of the molecule is CNC(CC(C)(NC)NC)CS(N)(=O)=O. The van der Waals surface area contributed by atoms with Crippen molar-refractivity contribution in [3.63, 3.8) is 0 Å². The number of nitrogens with one attached hydrogen (secondary N) is 3. The highest BCUT2D eigenvalue weighted by Crippen LogP contribution is 2.08. The first kappa shape index (κ1) is 14.8. The summed E-state index contributed by atoms with van der Waals surface area (Å²) in [4.78, 5) is 0. The maximum absolute atomic E-state index is 11.0. The summed E-state index contributed by atoms with van der Waals surface area (Å²) in [6.45, 7) is 1.96. The Balaban J connectivity index is 4.45. The first-order chi connectivity index (χ1) is 6.76. The van der Waals surface area contributed by atoms with E-state index in [1.54, 1.807) is 7.05 Å². The number of primary sulfonamides is 1. The molecule has 0 spiro atoms. The normalized spacial score (nSPS) is 15.3. The van der Waals surface area contributed by atoms with Gasteiger partial charge in [0.2, 0.25) is 10.0 Å². The maximum atomic E-state index is 11.0. The van der Waals surface area contributed by atoms with E-state index < -0.39 is 10.0 Å². The molecule has 0 saturated heterocycles. The van der Waals surface area contributed by atoms with Crippen molar-refractivity contribution in [1.82, 2.24) is 16.0 Å². The fourth-order valence-corrected chi connectivity index (χ4v) is 2.19. The fraction of sp³-hybridized carbons (Fsp3) is 1.00. The van der Waals surface area contributed by atoms with Crippen molar-refractivity contribution in [2.24, 2.45) is 5.14 Å². The summed E-state index contributed by atoms with van der Waals surface area (Å²) in [5.74, 6) is -0.0670. The lowest BCUT2D eigenvalue weighted by atomic mass is 10.0. The molecule has 0 bridgehead atoms. The van der Waals surface area contributed by atoms with Gasteiger partial charge in [-0.1, -0.05) is 0 Å². The summed E-state index contributed by atoms with van der Waals surface area (Å²) in [7, 11) is 1.92. The van der Waals surface area contributed by atoms with Gasteiger partial charge in [0.05, 0.1) is 11.4 Å². The molecule has 0 aliphatic carbocycles. The van der Waals surface area contributed by atoms with E-state index >= 15 is 0 Å². The molecule has 7 heteroatoms. The zero-order valence-electron chi connectivity index (χ0n) is 9.79. The number of hydrogen-bond acceptors (Lipinski definition) is 5. The number of rotatable bonds is 7. The molecular weight excluding hydrogens is 216 g/mol. The van der Waals surface area contributed by atoms with Crippen LogP contribution in [-0.4, -0.2) is 47.0 Å². The highest BCUT2D eigenvalue weighted by atomic mass is 32.2. The van der Waals surface area contributed by atoms with Gasteiger partial charge in [-0.3, -0.25) is 0 Å². The molecule has 0 saturated carbocycles. The van der Waals surface area contributed by atoms with Crippen LogP contribution in [0.2, 0.25) is 0 Å². The van der Waals surface area contributed by atoms with E-state index in [1.807, 2.05) is 21.0 Å². The van der Waals surface area contributed by atoms with E-state index in [-0.39, 0.29) is 17.5 Å². The third kappa shape index (κ3) is 6.06. The Labute approximate surface area is 92.0 Å². The minimum absolute atomic E-state index is 0.0670. The summed E-state index contributed by atoms with van der Waals surface area (Å²) in [6.07, 6.45) is 0.618. The zero-order valence-corrected chi connectivity index (χ0v) is 10.6. The van der Waals surface area contributed by atoms with Crippen LogP contribution in [0.15, 0.2) is 0 Å². The highest BCUT2D eigenvalue weighted by molar-refractivity contribution is 7.89. The second-order valence-corrected chi connectivity index (χ2v) is 5.51. The lowest BCUT2D eigenvalue weighted by molar-refractivity contribution is 0.275. The molecule has 5 N–H and O–H groups in total. The predicted octanol–water partition coefficient (Wildman–Crippen LogP) is -1.59. The average molecular weight is 238 g/mol. The third-order valence-corrected chi connectivity index (χ3v) is 3.47. The number of hydrogen-bond donors (Lipinski definition) is 4. The van der Waals surface area contributed by atoms with Crippen molar-refractivity contribution < 1.29 is 8.42 Å². The summed E-state index contributed by atoms with van der Waals surface area (Å²) in [5.41, 5.74) is -0.307. The molecule has 0 aromatic rings. The minimum atomic E-state index is -3.44. The van der Waals surface area contributed by atoms with Crippen LogP contribution in [0, 0.1) is 0 Å². The Bertz CT molecular complexity index is 274. The summed E-state index contributed by atoms with van der Waals surface area (Å²) in [5, 5.41) is 14.1. The first-order valence-electron chi connectivity index (χ1n) is 4.82. The van der Waals surface area contributed by atoms with Gasteiger partial charge in [-0.05, 0) is 34.5 Å². The van der Waals surface area contributed by atoms with Crippen LogP contribution in [0.5, 0.6) is 0 Å². The van der Waals surface area contributed by atoms with Gasteiger partial charge in [0.15, 0.2) is 0 Å². The van der Waals surface area contributed by atoms with Crippen LogP contribution < -0.4 is 21.1 Å². The number of nitrogens with two attached hydrogens (primary N) is 1. The quantitative estimate of drug-likeness (QED) is 0.401. The molecule has 0 fully saturated rings. The number of sulfonamides is 1. The Morgan fingerprint density at radius 1 is 1.27 bits per heavy atom. The van der Waals surface area contributed by atoms with Crippen molar-refractivity contribution in [3.8, 4) is 0 Å². The van der Waals surface area contributed by atoms with Gasteiger partial charge < -0.3 is 16.0 Å². The molecule has 0 heterocycles. The molecular formula is C8H22N4O2S. The molecule has 0 amide bonds. The molecule has 1 atom stereocenters. The van der Waals surface area contributed by atoms with E-state index in [1.165, 1.54) is 0 Å². The second-order valence-electron chi connectivity index (χ2n) is 3.85. The van der Waals surface area contributed by atoms with Crippen molar-refractivity contribution in [3.05, 3.63) is 0 Å². The fourth-order valence-electron chi connectivity index (χ4n) is 1.35. The molecule has 6 nitrogen and oxygen atoms in total. The van der Waals surface area contributed by atoms with Crippen LogP contribution in [0.1, 0.15) is 13.3 Å². The highest BCUT2D eigenvalue weighted by Gasteiger charge is 2.25. The average Bonchev–Trinajstić information content (AvgIpc) is 2.14. The van der Waals surface area contributed by atoms with Gasteiger partial charge >= 0.3 is 0 Å². The molecule has 0 radical (unpaired) electrons. The molecule has 0 aromatic carbocycles. The van der Waals surface area contributed by atoms with Gasteiger partial charge in [0, 0.05) is 6.04 Å². The minimum Gasteiger partial charge on any atom is -0.316 e. The van der Waals surface area contributed by atoms with Crippen LogP contribution in [0.3, 0.4) is 0 Å². The van der Waals surface area contributed by atoms with Gasteiger partial charge in [-0.2, -0.15) is 0 Å². The van der Waals surface area contributed by atoms with Crippen LogP contribution in [-0.2, 0) is 10.0 Å². The maximum Gasteiger partial charge on any atom is 0.210 e. The van der Waals surface area contributed by atoms with Crippen LogP contribution in [0.4, 0.5) is 0 Å². The smallest absolute Gasteiger partial charge is 0.210 e. The monoisotopic (exact) mass is 238 g/mol. The van der Waals surface area contributed by atoms with E-state index in [2.05, 4.69) is 16.0 Å². The Morgan fingerprint density at radius 3 is 2.00 bits per heavy atom. The zero-order chi connectivity index (χ0) is 12.1. The van der Waals surface area contributed by atoms with Crippen molar-refractivity contribution in [2.75, 3.05) is 26.9 Å². The lowest BCUT2D eigenvalue weighted by Crippen LogP contribution is -2.55. The van der Waals surface area contributed by atoms with Crippen molar-refractivity contribution in [2.45, 2.75) is 25.0 Å². The van der Waals surface area contributed by atoms with Crippen LogP contribution in [0.25, 0.3) is 0 Å². The van der Waals surface area contributed by atoms with Crippen molar-refractivity contribution in [1.29, 1.82) is 0 Å². The van der Waals surface area contributed by atoms with E-state index in [9.17, 15) is 8.42 Å². The standard InChI is InChI=1S/C8H22N4O2S/c1-8(11-3,12-4)5-7(10-2)6-15(9,13)14/h7,10-12H,5-6H2,1-4H3,(H2,9,13,14). The molecule has 92 valence electrons. The van der Waals surface area contributed by atoms with Gasteiger partial charge in [0.1, 0.15) is 0 Å². The van der Waals surface area contributed by atoms with Crippen LogP contribution >= 0.6 is 0 Å². The molecule has 0 rings (SSSR count). The molecule has 0 aliphatic rings. The molecule has 15 heavy (non-hydrogen) atoms. The largest absolute Gasteiger partial charge is 0.316 e. The Morgan fingerprint density at radius 2 is 1.73 bits per heavy atom. The Hall–Kier alpha value is -0.210. The topological polar surface area (TPSA) is 96.2 Å². The van der Waals surface area contributed by atoms with Gasteiger partial charge in [-0.15, -0.1) is 0 Å². The summed E-state index contributed by atoms with van der Waals surface area (Å²) in [6, 6.07) is -0.176. The third-order valence-electron chi connectivity index (χ3n) is 2.60. The van der Waals surface area contributed by atoms with E-state index in [0.29, 0.717) is 6.42 Å². The lowest BCUT2D eigenvalue weighted by Gasteiger charge is -2.32. The summed E-state index contributed by atoms with van der Waals surface area (Å²) >= 11 is 0. The predicted molar refractivity (Wildman–Crippen MR) is 62.0 cm³/mol. The summed E-state index contributed by atoms with van der Waals surface area (Å²) < 4.78 is 21.9. The molecule has 0 aliphatic heterocycles. The van der Waals surface area contributed by atoms with Gasteiger partial charge in [-0.25, -0.2) is 13.6 Å². The first-order valence-corrected chi connectivity index (χ1v) is 6.53. The Kier molecular flexibility index (Phi) is 5.68.